The zero-order valence-electron chi connectivity index (χ0n) is 11.4. The highest BCUT2D eigenvalue weighted by atomic mass is 79.9. The van der Waals surface area contributed by atoms with Gasteiger partial charge < -0.3 is 4.98 Å². The lowest BCUT2D eigenvalue weighted by atomic mass is 10.2. The number of benzene rings is 2. The van der Waals surface area contributed by atoms with E-state index in [0.717, 1.165) is 21.7 Å². The van der Waals surface area contributed by atoms with Gasteiger partial charge in [-0.1, -0.05) is 28.1 Å². The molecule has 2 aromatic carbocycles. The highest BCUT2D eigenvalue weighted by molar-refractivity contribution is 9.10. The Bertz CT molecular complexity index is 1130. The standard InChI is InChI=1S/C14H9BrN4O2S2/c15-8-4-5-9-12(6-8)16-7-13(9)23(20,21)19-11-3-1-2-10-14(11)18-22-17-10/h1-7,16,19H. The minimum absolute atomic E-state index is 0.195. The van der Waals surface area contributed by atoms with E-state index in [1.165, 1.54) is 6.20 Å². The summed E-state index contributed by atoms with van der Waals surface area (Å²) in [5, 5.41) is 0.629. The van der Waals surface area contributed by atoms with Crippen LogP contribution < -0.4 is 4.72 Å². The molecule has 2 N–H and O–H groups in total. The molecule has 0 bridgehead atoms. The second kappa shape index (κ2) is 5.29. The van der Waals surface area contributed by atoms with Crippen LogP contribution in [0.25, 0.3) is 21.9 Å². The fourth-order valence-corrected chi connectivity index (χ4v) is 4.54. The summed E-state index contributed by atoms with van der Waals surface area (Å²) >= 11 is 4.42. The summed E-state index contributed by atoms with van der Waals surface area (Å²) in [6.07, 6.45) is 1.48. The highest BCUT2D eigenvalue weighted by Gasteiger charge is 2.20. The number of sulfonamides is 1. The average molecular weight is 409 g/mol. The lowest BCUT2D eigenvalue weighted by Gasteiger charge is -2.07. The fraction of sp³-hybridized carbons (Fsp3) is 0. The van der Waals surface area contributed by atoms with Crippen LogP contribution in [-0.2, 0) is 10.0 Å². The molecular weight excluding hydrogens is 400 g/mol. The predicted molar refractivity (Wildman–Crippen MR) is 94.2 cm³/mol. The highest BCUT2D eigenvalue weighted by Crippen LogP contribution is 2.29. The van der Waals surface area contributed by atoms with Crippen LogP contribution in [0.5, 0.6) is 0 Å². The van der Waals surface area contributed by atoms with Gasteiger partial charge in [-0.15, -0.1) is 0 Å². The maximum atomic E-state index is 12.7. The van der Waals surface area contributed by atoms with Gasteiger partial charge in [0.15, 0.2) is 0 Å². The first kappa shape index (κ1) is 14.6. The van der Waals surface area contributed by atoms with E-state index >= 15 is 0 Å². The third kappa shape index (κ3) is 2.50. The van der Waals surface area contributed by atoms with Crippen LogP contribution in [0.3, 0.4) is 0 Å². The molecule has 0 fully saturated rings. The molecule has 116 valence electrons. The molecule has 4 aromatic rings. The van der Waals surface area contributed by atoms with E-state index in [0.29, 0.717) is 22.1 Å². The molecule has 0 spiro atoms. The number of aromatic amines is 1. The topological polar surface area (TPSA) is 87.7 Å². The molecule has 0 unspecified atom stereocenters. The molecule has 0 saturated heterocycles. The molecule has 6 nitrogen and oxygen atoms in total. The lowest BCUT2D eigenvalue weighted by Crippen LogP contribution is -2.12. The second-order valence-corrected chi connectivity index (χ2v) is 7.98. The number of hydrogen-bond acceptors (Lipinski definition) is 5. The van der Waals surface area contributed by atoms with Crippen molar-refractivity contribution in [3.63, 3.8) is 0 Å². The molecule has 2 aromatic heterocycles. The van der Waals surface area contributed by atoms with Gasteiger partial charge in [0.25, 0.3) is 10.0 Å². The van der Waals surface area contributed by atoms with Gasteiger partial charge in [-0.05, 0) is 24.3 Å². The Labute approximate surface area is 144 Å². The van der Waals surface area contributed by atoms with Gasteiger partial charge in [-0.3, -0.25) is 4.72 Å². The largest absolute Gasteiger partial charge is 0.360 e. The summed E-state index contributed by atoms with van der Waals surface area (Å²) in [7, 11) is -3.74. The second-order valence-electron chi connectivity index (χ2n) is 4.89. The molecule has 2 heterocycles. The molecule has 0 aliphatic carbocycles. The predicted octanol–water partition coefficient (Wildman–Crippen LogP) is 3.74. The number of nitrogens with one attached hydrogen (secondary N) is 2. The van der Waals surface area contributed by atoms with Crippen molar-refractivity contribution in [2.75, 3.05) is 4.72 Å². The summed E-state index contributed by atoms with van der Waals surface area (Å²) in [5.74, 6) is 0. The van der Waals surface area contributed by atoms with Crippen LogP contribution in [0.1, 0.15) is 0 Å². The Morgan fingerprint density at radius 3 is 2.91 bits per heavy atom. The van der Waals surface area contributed by atoms with E-state index in [4.69, 9.17) is 0 Å². The Morgan fingerprint density at radius 2 is 2.04 bits per heavy atom. The molecular formula is C14H9BrN4O2S2. The average Bonchev–Trinajstić information content (AvgIpc) is 3.13. The van der Waals surface area contributed by atoms with Crippen LogP contribution >= 0.6 is 27.7 Å². The van der Waals surface area contributed by atoms with Crippen molar-refractivity contribution in [3.8, 4) is 0 Å². The molecule has 0 aliphatic heterocycles. The van der Waals surface area contributed by atoms with Crippen molar-refractivity contribution in [1.29, 1.82) is 0 Å². The number of aromatic nitrogens is 3. The van der Waals surface area contributed by atoms with E-state index < -0.39 is 10.0 Å². The van der Waals surface area contributed by atoms with Crippen LogP contribution in [0.15, 0.2) is 52.0 Å². The summed E-state index contributed by atoms with van der Waals surface area (Å²) in [6, 6.07) is 10.6. The molecule has 0 radical (unpaired) electrons. The summed E-state index contributed by atoms with van der Waals surface area (Å²) in [4.78, 5) is 3.17. The summed E-state index contributed by atoms with van der Waals surface area (Å²) < 4.78 is 37.2. The van der Waals surface area contributed by atoms with Gasteiger partial charge in [0.2, 0.25) is 0 Å². The van der Waals surface area contributed by atoms with E-state index in [1.807, 2.05) is 6.07 Å². The Balaban J connectivity index is 1.82. The summed E-state index contributed by atoms with van der Waals surface area (Å²) in [6.45, 7) is 0. The number of nitrogens with zero attached hydrogens (tertiary/aromatic N) is 2. The van der Waals surface area contributed by atoms with Crippen molar-refractivity contribution >= 4 is 65.3 Å². The van der Waals surface area contributed by atoms with E-state index in [1.54, 1.807) is 30.3 Å². The van der Waals surface area contributed by atoms with Crippen LogP contribution in [0.4, 0.5) is 5.69 Å². The number of H-pyrrole nitrogens is 1. The molecule has 0 atom stereocenters. The molecule has 0 saturated carbocycles. The monoisotopic (exact) mass is 408 g/mol. The van der Waals surface area contributed by atoms with Gasteiger partial charge in [0.05, 0.1) is 17.4 Å². The van der Waals surface area contributed by atoms with E-state index in [9.17, 15) is 8.42 Å². The number of hydrogen-bond donors (Lipinski definition) is 2. The zero-order valence-corrected chi connectivity index (χ0v) is 14.7. The van der Waals surface area contributed by atoms with Crippen molar-refractivity contribution in [2.45, 2.75) is 4.90 Å². The quantitative estimate of drug-likeness (QED) is 0.540. The van der Waals surface area contributed by atoms with Crippen molar-refractivity contribution in [3.05, 3.63) is 47.1 Å². The first-order valence-electron chi connectivity index (χ1n) is 6.55. The van der Waals surface area contributed by atoms with Crippen LogP contribution in [0.2, 0.25) is 0 Å². The Morgan fingerprint density at radius 1 is 1.17 bits per heavy atom. The normalized spacial score (nSPS) is 12.0. The fourth-order valence-electron chi connectivity index (χ4n) is 2.38. The molecule has 0 aliphatic rings. The first-order chi connectivity index (χ1) is 11.0. The van der Waals surface area contributed by atoms with Gasteiger partial charge in [-0.2, -0.15) is 8.75 Å². The molecule has 0 amide bonds. The zero-order chi connectivity index (χ0) is 16.0. The number of fused-ring (bicyclic) bond motifs is 2. The van der Waals surface area contributed by atoms with E-state index in [-0.39, 0.29) is 4.90 Å². The number of halogens is 1. The smallest absolute Gasteiger partial charge is 0.264 e. The minimum Gasteiger partial charge on any atom is -0.360 e. The Hall–Kier alpha value is -1.97. The van der Waals surface area contributed by atoms with Gasteiger partial charge in [-0.25, -0.2) is 8.42 Å². The van der Waals surface area contributed by atoms with Crippen molar-refractivity contribution < 1.29 is 8.42 Å². The van der Waals surface area contributed by atoms with Gasteiger partial charge >= 0.3 is 0 Å². The SMILES string of the molecule is O=S(=O)(Nc1cccc2nsnc12)c1c[nH]c2cc(Br)ccc12. The minimum atomic E-state index is -3.74. The maximum absolute atomic E-state index is 12.7. The van der Waals surface area contributed by atoms with Crippen molar-refractivity contribution in [2.24, 2.45) is 0 Å². The number of rotatable bonds is 3. The molecule has 4 rings (SSSR count). The van der Waals surface area contributed by atoms with Gasteiger partial charge in [0.1, 0.15) is 15.9 Å². The Kier molecular flexibility index (Phi) is 3.36. The first-order valence-corrected chi connectivity index (χ1v) is 9.56. The van der Waals surface area contributed by atoms with Gasteiger partial charge in [0, 0.05) is 21.6 Å². The lowest BCUT2D eigenvalue weighted by molar-refractivity contribution is 0.602. The number of anilines is 1. The molecule has 9 heteroatoms. The van der Waals surface area contributed by atoms with Crippen molar-refractivity contribution in [1.82, 2.24) is 13.7 Å². The molecule has 23 heavy (non-hydrogen) atoms. The summed E-state index contributed by atoms with van der Waals surface area (Å²) in [5.41, 5.74) is 2.37. The maximum Gasteiger partial charge on any atom is 0.264 e. The third-order valence-electron chi connectivity index (χ3n) is 3.43. The third-order valence-corrected chi connectivity index (χ3v) is 5.87. The van der Waals surface area contributed by atoms with E-state index in [2.05, 4.69) is 34.4 Å². The van der Waals surface area contributed by atoms with Crippen LogP contribution in [-0.4, -0.2) is 22.1 Å². The van der Waals surface area contributed by atoms with Crippen LogP contribution in [0, 0.1) is 0 Å².